The molecular weight excluding hydrogens is 280 g/mol. The monoisotopic (exact) mass is 296 g/mol. The molecule has 0 spiro atoms. The van der Waals surface area contributed by atoms with Gasteiger partial charge in [-0.1, -0.05) is 30.3 Å². The molecule has 6 heteroatoms. The van der Waals surface area contributed by atoms with Crippen LogP contribution < -0.4 is 10.2 Å². The molecule has 1 N–H and O–H groups in total. The van der Waals surface area contributed by atoms with E-state index in [0.29, 0.717) is 13.1 Å². The van der Waals surface area contributed by atoms with E-state index in [9.17, 15) is 10.1 Å². The van der Waals surface area contributed by atoms with E-state index < -0.39 is 4.92 Å². The van der Waals surface area contributed by atoms with Crippen molar-refractivity contribution in [1.29, 1.82) is 0 Å². The molecule has 1 aliphatic heterocycles. The number of nitro groups is 1. The summed E-state index contributed by atoms with van der Waals surface area (Å²) in [7, 11) is 0. The zero-order valence-corrected chi connectivity index (χ0v) is 12.0. The number of hydrogen-bond donors (Lipinski definition) is 1. The minimum absolute atomic E-state index is 0.0960. The van der Waals surface area contributed by atoms with Crippen LogP contribution in [0.4, 0.5) is 11.4 Å². The number of guanidine groups is 1. The predicted molar refractivity (Wildman–Crippen MR) is 86.0 cm³/mol. The van der Waals surface area contributed by atoms with Gasteiger partial charge in [0.05, 0.1) is 11.5 Å². The molecule has 0 unspecified atom stereocenters. The normalized spacial score (nSPS) is 13.8. The Morgan fingerprint density at radius 2 is 1.86 bits per heavy atom. The number of nitrogens with zero attached hydrogens (tertiary/aromatic N) is 3. The van der Waals surface area contributed by atoms with Gasteiger partial charge in [0.15, 0.2) is 5.96 Å². The maximum atomic E-state index is 10.7. The molecule has 1 heterocycles. The van der Waals surface area contributed by atoms with Gasteiger partial charge in [0.25, 0.3) is 5.69 Å². The van der Waals surface area contributed by atoms with Gasteiger partial charge in [-0.15, -0.1) is 0 Å². The highest BCUT2D eigenvalue weighted by Gasteiger charge is 2.19. The highest BCUT2D eigenvalue weighted by Crippen LogP contribution is 2.21. The summed E-state index contributed by atoms with van der Waals surface area (Å²) in [6, 6.07) is 16.6. The van der Waals surface area contributed by atoms with Crippen LogP contribution in [-0.4, -0.2) is 24.0 Å². The lowest BCUT2D eigenvalue weighted by molar-refractivity contribution is -0.384. The van der Waals surface area contributed by atoms with Gasteiger partial charge in [0.2, 0.25) is 0 Å². The largest absolute Gasteiger partial charge is 0.352 e. The molecule has 2 aromatic carbocycles. The summed E-state index contributed by atoms with van der Waals surface area (Å²) in [5.41, 5.74) is 2.18. The summed E-state index contributed by atoms with van der Waals surface area (Å²) in [6.07, 6.45) is 0. The van der Waals surface area contributed by atoms with Crippen molar-refractivity contribution >= 4 is 17.3 Å². The first-order valence-corrected chi connectivity index (χ1v) is 7.08. The molecule has 112 valence electrons. The molecular formula is C16H16N4O2. The Kier molecular flexibility index (Phi) is 4.00. The van der Waals surface area contributed by atoms with Crippen LogP contribution in [0, 0.1) is 10.1 Å². The zero-order chi connectivity index (χ0) is 15.4. The molecule has 2 aromatic rings. The number of benzene rings is 2. The number of hydrogen-bond acceptors (Lipinski definition) is 5. The van der Waals surface area contributed by atoms with E-state index in [0.717, 1.165) is 18.2 Å². The zero-order valence-electron chi connectivity index (χ0n) is 12.0. The molecule has 0 radical (unpaired) electrons. The van der Waals surface area contributed by atoms with Crippen molar-refractivity contribution in [2.75, 3.05) is 18.0 Å². The highest BCUT2D eigenvalue weighted by molar-refractivity contribution is 5.97. The molecule has 0 aromatic heterocycles. The lowest BCUT2D eigenvalue weighted by atomic mass is 10.2. The van der Waals surface area contributed by atoms with Crippen molar-refractivity contribution in [2.24, 2.45) is 4.99 Å². The van der Waals surface area contributed by atoms with E-state index in [1.807, 2.05) is 23.1 Å². The van der Waals surface area contributed by atoms with Crippen LogP contribution in [0.3, 0.4) is 0 Å². The van der Waals surface area contributed by atoms with Crippen molar-refractivity contribution < 1.29 is 4.92 Å². The molecule has 0 fully saturated rings. The molecule has 3 rings (SSSR count). The van der Waals surface area contributed by atoms with Crippen LogP contribution in [0.2, 0.25) is 0 Å². The standard InChI is InChI=1S/C16H16N4O2/c21-20(22)15-8-6-14(7-9-15)19-11-10-17-16(19)18-12-13-4-2-1-3-5-13/h1-9H,10-12H2,(H,17,18). The molecule has 1 aliphatic rings. The van der Waals surface area contributed by atoms with Gasteiger partial charge in [-0.2, -0.15) is 0 Å². The molecule has 6 nitrogen and oxygen atoms in total. The quantitative estimate of drug-likeness (QED) is 0.695. The van der Waals surface area contributed by atoms with Gasteiger partial charge >= 0.3 is 0 Å². The fourth-order valence-corrected chi connectivity index (χ4v) is 2.38. The van der Waals surface area contributed by atoms with E-state index in [2.05, 4.69) is 22.4 Å². The Bertz CT molecular complexity index is 683. The van der Waals surface area contributed by atoms with Gasteiger partial charge in [-0.3, -0.25) is 15.1 Å². The summed E-state index contributed by atoms with van der Waals surface area (Å²) in [4.78, 5) is 16.8. The number of aliphatic imine (C=N–C) groups is 1. The number of anilines is 1. The van der Waals surface area contributed by atoms with Crippen molar-refractivity contribution in [3.05, 3.63) is 70.3 Å². The van der Waals surface area contributed by atoms with Gasteiger partial charge < -0.3 is 10.2 Å². The van der Waals surface area contributed by atoms with Crippen LogP contribution in [0.15, 0.2) is 59.6 Å². The summed E-state index contributed by atoms with van der Waals surface area (Å²) in [5, 5.41) is 14.0. The van der Waals surface area contributed by atoms with E-state index in [1.165, 1.54) is 17.7 Å². The van der Waals surface area contributed by atoms with Crippen LogP contribution in [0.1, 0.15) is 5.56 Å². The molecule has 0 atom stereocenters. The average Bonchev–Trinajstić information content (AvgIpc) is 3.02. The van der Waals surface area contributed by atoms with Crippen LogP contribution >= 0.6 is 0 Å². The smallest absolute Gasteiger partial charge is 0.269 e. The lowest BCUT2D eigenvalue weighted by Crippen LogP contribution is -2.38. The number of nitrogens with one attached hydrogen (secondary N) is 1. The van der Waals surface area contributed by atoms with E-state index in [4.69, 9.17) is 0 Å². The predicted octanol–water partition coefficient (Wildman–Crippen LogP) is 2.56. The Balaban J connectivity index is 1.68. The SMILES string of the molecule is O=[N+]([O-])c1ccc(N2CCN=C2NCc2ccccc2)cc1. The third-order valence-corrected chi connectivity index (χ3v) is 3.51. The van der Waals surface area contributed by atoms with Crippen molar-refractivity contribution in [2.45, 2.75) is 6.54 Å². The number of non-ortho nitro benzene ring substituents is 1. The second-order valence-electron chi connectivity index (χ2n) is 4.97. The number of rotatable bonds is 4. The molecule has 0 bridgehead atoms. The highest BCUT2D eigenvalue weighted by atomic mass is 16.6. The minimum atomic E-state index is -0.392. The molecule has 0 saturated carbocycles. The molecule has 0 saturated heterocycles. The van der Waals surface area contributed by atoms with Crippen molar-refractivity contribution in [3.8, 4) is 0 Å². The Morgan fingerprint density at radius 1 is 1.14 bits per heavy atom. The van der Waals surface area contributed by atoms with Gasteiger partial charge in [0, 0.05) is 30.9 Å². The molecule has 0 amide bonds. The lowest BCUT2D eigenvalue weighted by Gasteiger charge is -2.21. The van der Waals surface area contributed by atoms with Gasteiger partial charge in [-0.05, 0) is 17.7 Å². The first-order chi connectivity index (χ1) is 10.7. The molecule has 22 heavy (non-hydrogen) atoms. The average molecular weight is 296 g/mol. The third kappa shape index (κ3) is 3.06. The fraction of sp³-hybridized carbons (Fsp3) is 0.188. The second kappa shape index (κ2) is 6.26. The third-order valence-electron chi connectivity index (χ3n) is 3.51. The fourth-order valence-electron chi connectivity index (χ4n) is 2.38. The maximum Gasteiger partial charge on any atom is 0.269 e. The maximum absolute atomic E-state index is 10.7. The minimum Gasteiger partial charge on any atom is -0.352 e. The first-order valence-electron chi connectivity index (χ1n) is 7.08. The van der Waals surface area contributed by atoms with Gasteiger partial charge in [-0.25, -0.2) is 0 Å². The topological polar surface area (TPSA) is 70.8 Å². The van der Waals surface area contributed by atoms with E-state index in [-0.39, 0.29) is 5.69 Å². The summed E-state index contributed by atoms with van der Waals surface area (Å²) < 4.78 is 0. The number of nitro benzene ring substituents is 1. The van der Waals surface area contributed by atoms with Crippen molar-refractivity contribution in [1.82, 2.24) is 5.32 Å². The van der Waals surface area contributed by atoms with E-state index >= 15 is 0 Å². The Labute approximate surface area is 128 Å². The van der Waals surface area contributed by atoms with Crippen LogP contribution in [0.25, 0.3) is 0 Å². The van der Waals surface area contributed by atoms with E-state index in [1.54, 1.807) is 12.1 Å². The van der Waals surface area contributed by atoms with Crippen LogP contribution in [-0.2, 0) is 6.54 Å². The molecule has 0 aliphatic carbocycles. The Hall–Kier alpha value is -2.89. The van der Waals surface area contributed by atoms with Crippen molar-refractivity contribution in [3.63, 3.8) is 0 Å². The summed E-state index contributed by atoms with van der Waals surface area (Å²) in [5.74, 6) is 0.803. The van der Waals surface area contributed by atoms with Crippen LogP contribution in [0.5, 0.6) is 0 Å². The second-order valence-corrected chi connectivity index (χ2v) is 4.97. The summed E-state index contributed by atoms with van der Waals surface area (Å²) in [6.45, 7) is 2.19. The summed E-state index contributed by atoms with van der Waals surface area (Å²) >= 11 is 0. The van der Waals surface area contributed by atoms with Gasteiger partial charge in [0.1, 0.15) is 0 Å². The first kappa shape index (κ1) is 14.1. The Morgan fingerprint density at radius 3 is 2.55 bits per heavy atom.